The van der Waals surface area contributed by atoms with Gasteiger partial charge in [-0.3, -0.25) is 0 Å². The van der Waals surface area contributed by atoms with Crippen LogP contribution in [0.3, 0.4) is 0 Å². The van der Waals surface area contributed by atoms with E-state index >= 15 is 0 Å². The molecule has 14 heavy (non-hydrogen) atoms. The van der Waals surface area contributed by atoms with Crippen molar-refractivity contribution in [2.45, 2.75) is 25.8 Å². The fraction of sp³-hybridized carbons (Fsp3) is 0.455. The lowest BCUT2D eigenvalue weighted by Crippen LogP contribution is -2.13. The Morgan fingerprint density at radius 3 is 2.64 bits per heavy atom. The lowest BCUT2D eigenvalue weighted by atomic mass is 10.0. The summed E-state index contributed by atoms with van der Waals surface area (Å²) in [5.74, 6) is 0. The minimum Gasteiger partial charge on any atom is -0.310 e. The molecule has 2 rings (SSSR count). The van der Waals surface area contributed by atoms with Gasteiger partial charge in [-0.2, -0.15) is 0 Å². The van der Waals surface area contributed by atoms with Crippen LogP contribution in [0.15, 0.2) is 12.1 Å². The Labute approximate surface area is 94.4 Å². The molecule has 1 aliphatic rings. The first kappa shape index (κ1) is 10.3. The largest absolute Gasteiger partial charge is 0.310 e. The Hall–Kier alpha value is -0.240. The van der Waals surface area contributed by atoms with Gasteiger partial charge in [-0.15, -0.1) is 0 Å². The zero-order valence-corrected chi connectivity index (χ0v) is 9.62. The minimum absolute atomic E-state index is 0.463. The molecule has 0 spiro atoms. The molecule has 0 aliphatic carbocycles. The molecule has 0 saturated carbocycles. The van der Waals surface area contributed by atoms with Crippen molar-refractivity contribution in [3.8, 4) is 0 Å². The van der Waals surface area contributed by atoms with Crippen LogP contribution in [0.5, 0.6) is 0 Å². The van der Waals surface area contributed by atoms with Crippen LogP contribution in [0.2, 0.25) is 10.0 Å². The first-order valence-electron chi connectivity index (χ1n) is 4.87. The van der Waals surface area contributed by atoms with Gasteiger partial charge in [-0.25, -0.2) is 0 Å². The highest BCUT2D eigenvalue weighted by atomic mass is 35.5. The first-order valence-corrected chi connectivity index (χ1v) is 5.63. The molecule has 1 heterocycles. The van der Waals surface area contributed by atoms with Crippen molar-refractivity contribution in [3.05, 3.63) is 33.3 Å². The lowest BCUT2D eigenvalue weighted by Gasteiger charge is -2.14. The number of aryl methyl sites for hydroxylation is 1. The van der Waals surface area contributed by atoms with Gasteiger partial charge in [0.2, 0.25) is 0 Å². The zero-order chi connectivity index (χ0) is 10.1. The molecular weight excluding hydrogens is 217 g/mol. The molecule has 0 aromatic heterocycles. The average Bonchev–Trinajstić information content (AvgIpc) is 2.64. The van der Waals surface area contributed by atoms with Crippen molar-refractivity contribution >= 4 is 23.2 Å². The molecule has 1 fully saturated rings. The number of rotatable bonds is 1. The molecule has 76 valence electrons. The molecule has 1 N–H and O–H groups in total. The number of halogens is 2. The Kier molecular flexibility index (Phi) is 3.01. The second-order valence-corrected chi connectivity index (χ2v) is 4.59. The summed E-state index contributed by atoms with van der Waals surface area (Å²) in [7, 11) is 0. The van der Waals surface area contributed by atoms with Crippen molar-refractivity contribution in [3.63, 3.8) is 0 Å². The van der Waals surface area contributed by atoms with Crippen molar-refractivity contribution in [1.82, 2.24) is 5.32 Å². The topological polar surface area (TPSA) is 12.0 Å². The quantitative estimate of drug-likeness (QED) is 0.775. The van der Waals surface area contributed by atoms with Crippen molar-refractivity contribution in [2.75, 3.05) is 6.54 Å². The van der Waals surface area contributed by atoms with Crippen molar-refractivity contribution in [2.24, 2.45) is 0 Å². The maximum atomic E-state index is 6.00. The van der Waals surface area contributed by atoms with E-state index in [1.54, 1.807) is 0 Å². The maximum absolute atomic E-state index is 6.00. The second-order valence-electron chi connectivity index (χ2n) is 3.77. The third-order valence-corrected chi connectivity index (χ3v) is 3.47. The summed E-state index contributed by atoms with van der Waals surface area (Å²) in [6.45, 7) is 3.18. The first-order chi connectivity index (χ1) is 6.68. The van der Waals surface area contributed by atoms with Crippen LogP contribution in [0.1, 0.15) is 30.0 Å². The van der Waals surface area contributed by atoms with Gasteiger partial charge in [0.15, 0.2) is 0 Å². The van der Waals surface area contributed by atoms with Crippen LogP contribution in [-0.2, 0) is 0 Å². The van der Waals surface area contributed by atoms with Crippen LogP contribution in [0.25, 0.3) is 0 Å². The molecule has 1 saturated heterocycles. The molecule has 1 aliphatic heterocycles. The molecule has 1 aromatic carbocycles. The van der Waals surface area contributed by atoms with E-state index in [9.17, 15) is 0 Å². The van der Waals surface area contributed by atoms with Gasteiger partial charge in [0.25, 0.3) is 0 Å². The third-order valence-electron chi connectivity index (χ3n) is 2.74. The normalized spacial score (nSPS) is 21.5. The van der Waals surface area contributed by atoms with E-state index in [-0.39, 0.29) is 0 Å². The SMILES string of the molecule is Cc1cc(Cl)c(Cl)cc1C1CCCN1. The predicted molar refractivity (Wildman–Crippen MR) is 61.2 cm³/mol. The Balaban J connectivity index is 2.37. The number of nitrogens with one attached hydrogen (secondary N) is 1. The fourth-order valence-electron chi connectivity index (χ4n) is 1.99. The van der Waals surface area contributed by atoms with Crippen LogP contribution < -0.4 is 5.32 Å². The second kappa shape index (κ2) is 4.09. The molecule has 0 bridgehead atoms. The zero-order valence-electron chi connectivity index (χ0n) is 8.11. The Bertz CT molecular complexity index is 343. The summed E-state index contributed by atoms with van der Waals surface area (Å²) in [5, 5.41) is 4.76. The average molecular weight is 230 g/mol. The molecule has 1 nitrogen and oxygen atoms in total. The van der Waals surface area contributed by atoms with Gasteiger partial charge < -0.3 is 5.32 Å². The van der Waals surface area contributed by atoms with Gasteiger partial charge in [0.05, 0.1) is 10.0 Å². The van der Waals surface area contributed by atoms with Gasteiger partial charge in [0, 0.05) is 6.04 Å². The van der Waals surface area contributed by atoms with E-state index in [2.05, 4.69) is 12.2 Å². The van der Waals surface area contributed by atoms with E-state index in [1.807, 2.05) is 12.1 Å². The lowest BCUT2D eigenvalue weighted by molar-refractivity contribution is 0.644. The van der Waals surface area contributed by atoms with E-state index in [1.165, 1.54) is 24.0 Å². The maximum Gasteiger partial charge on any atom is 0.0595 e. The third kappa shape index (κ3) is 1.90. The summed E-state index contributed by atoms with van der Waals surface area (Å²) in [6, 6.07) is 4.39. The summed E-state index contributed by atoms with van der Waals surface area (Å²) in [6.07, 6.45) is 2.43. The van der Waals surface area contributed by atoms with Crippen molar-refractivity contribution < 1.29 is 0 Å². The molecule has 0 radical (unpaired) electrons. The predicted octanol–water partition coefficient (Wildman–Crippen LogP) is 3.73. The van der Waals surface area contributed by atoms with Gasteiger partial charge in [-0.05, 0) is 49.6 Å². The smallest absolute Gasteiger partial charge is 0.0595 e. The molecule has 1 aromatic rings. The summed E-state index contributed by atoms with van der Waals surface area (Å²) in [5.41, 5.74) is 2.51. The number of hydrogen-bond acceptors (Lipinski definition) is 1. The molecular formula is C11H13Cl2N. The van der Waals surface area contributed by atoms with E-state index < -0.39 is 0 Å². The summed E-state index contributed by atoms with van der Waals surface area (Å²) >= 11 is 11.9. The fourth-order valence-corrected chi connectivity index (χ4v) is 2.38. The summed E-state index contributed by atoms with van der Waals surface area (Å²) in [4.78, 5) is 0. The number of hydrogen-bond donors (Lipinski definition) is 1. The highest BCUT2D eigenvalue weighted by molar-refractivity contribution is 6.42. The van der Waals surface area contributed by atoms with Gasteiger partial charge in [0.1, 0.15) is 0 Å². The molecule has 0 amide bonds. The molecule has 1 unspecified atom stereocenters. The van der Waals surface area contributed by atoms with Crippen molar-refractivity contribution in [1.29, 1.82) is 0 Å². The van der Waals surface area contributed by atoms with Crippen LogP contribution >= 0.6 is 23.2 Å². The number of benzene rings is 1. The van der Waals surface area contributed by atoms with Gasteiger partial charge >= 0.3 is 0 Å². The van der Waals surface area contributed by atoms with Crippen LogP contribution in [0, 0.1) is 6.92 Å². The Morgan fingerprint density at radius 1 is 1.29 bits per heavy atom. The standard InChI is InChI=1S/C11H13Cl2N/c1-7-5-9(12)10(13)6-8(7)11-3-2-4-14-11/h5-6,11,14H,2-4H2,1H3. The molecule has 1 atom stereocenters. The van der Waals surface area contributed by atoms with E-state index in [0.717, 1.165) is 6.54 Å². The summed E-state index contributed by atoms with van der Waals surface area (Å²) < 4.78 is 0. The minimum atomic E-state index is 0.463. The van der Waals surface area contributed by atoms with E-state index in [4.69, 9.17) is 23.2 Å². The van der Waals surface area contributed by atoms with Crippen LogP contribution in [-0.4, -0.2) is 6.54 Å². The Morgan fingerprint density at radius 2 is 2.00 bits per heavy atom. The molecule has 3 heteroatoms. The highest BCUT2D eigenvalue weighted by Crippen LogP contribution is 2.32. The highest BCUT2D eigenvalue weighted by Gasteiger charge is 2.18. The van der Waals surface area contributed by atoms with Crippen LogP contribution in [0.4, 0.5) is 0 Å². The monoisotopic (exact) mass is 229 g/mol. The van der Waals surface area contributed by atoms with Gasteiger partial charge in [-0.1, -0.05) is 23.2 Å². The van der Waals surface area contributed by atoms with E-state index in [0.29, 0.717) is 16.1 Å².